The van der Waals surface area contributed by atoms with E-state index in [4.69, 9.17) is 5.11 Å². The zero-order chi connectivity index (χ0) is 18.7. The molecule has 0 saturated carbocycles. The quantitative estimate of drug-likeness (QED) is 0.681. The topological polar surface area (TPSA) is 104 Å². The monoisotopic (exact) mass is 351 g/mol. The van der Waals surface area contributed by atoms with Gasteiger partial charge in [0.1, 0.15) is 0 Å². The van der Waals surface area contributed by atoms with Gasteiger partial charge in [-0.2, -0.15) is 0 Å². The highest BCUT2D eigenvalue weighted by atomic mass is 16.4. The standard InChI is InChI=1S/C19H16N2O5/c22-15(11-12-16(23)24)17-18(25)20(13-7-3-1-4-8-13)21(19(17)26)14-9-5-2-6-10-14/h1-10,25H,11-12H2,(H,23,24)/p-1. The van der Waals surface area contributed by atoms with Gasteiger partial charge in [-0.15, -0.1) is 0 Å². The largest absolute Gasteiger partial charge is 0.858 e. The third-order valence-corrected chi connectivity index (χ3v) is 3.86. The van der Waals surface area contributed by atoms with Crippen molar-refractivity contribution in [3.05, 3.63) is 76.6 Å². The van der Waals surface area contributed by atoms with Crippen molar-refractivity contribution in [2.45, 2.75) is 12.8 Å². The van der Waals surface area contributed by atoms with Gasteiger partial charge in [0.2, 0.25) is 0 Å². The first-order chi connectivity index (χ1) is 12.5. The van der Waals surface area contributed by atoms with Gasteiger partial charge in [-0.3, -0.25) is 19.1 Å². The minimum absolute atomic E-state index is 0.409. The molecule has 132 valence electrons. The van der Waals surface area contributed by atoms with E-state index in [9.17, 15) is 19.5 Å². The fourth-order valence-electron chi connectivity index (χ4n) is 2.67. The number of ketones is 1. The molecule has 0 aliphatic rings. The van der Waals surface area contributed by atoms with Crippen LogP contribution in [-0.4, -0.2) is 26.2 Å². The number of benzene rings is 2. The summed E-state index contributed by atoms with van der Waals surface area (Å²) in [6.45, 7) is 0. The van der Waals surface area contributed by atoms with E-state index in [2.05, 4.69) is 0 Å². The van der Waals surface area contributed by atoms with Gasteiger partial charge in [0.25, 0.3) is 5.56 Å². The van der Waals surface area contributed by atoms with Gasteiger partial charge in [-0.25, -0.2) is 4.68 Å². The summed E-state index contributed by atoms with van der Waals surface area (Å²) in [4.78, 5) is 35.9. The smallest absolute Gasteiger partial charge is 0.303 e. The normalized spacial score (nSPS) is 10.6. The maximum Gasteiger partial charge on any atom is 0.303 e. The van der Waals surface area contributed by atoms with Crippen molar-refractivity contribution < 1.29 is 19.8 Å². The van der Waals surface area contributed by atoms with Crippen LogP contribution in [0.2, 0.25) is 0 Å². The van der Waals surface area contributed by atoms with E-state index in [1.54, 1.807) is 60.7 Å². The predicted molar refractivity (Wildman–Crippen MR) is 92.0 cm³/mol. The van der Waals surface area contributed by atoms with Crippen molar-refractivity contribution in [3.63, 3.8) is 0 Å². The molecule has 7 nitrogen and oxygen atoms in total. The average Bonchev–Trinajstić information content (AvgIpc) is 2.91. The number of carboxylic acid groups (broad SMARTS) is 1. The molecule has 0 unspecified atom stereocenters. The number of carbonyl (C=O) groups excluding carboxylic acids is 1. The average molecular weight is 351 g/mol. The maximum absolute atomic E-state index is 12.8. The number of carbonyl (C=O) groups is 2. The zero-order valence-corrected chi connectivity index (χ0v) is 13.7. The molecule has 7 heteroatoms. The lowest BCUT2D eigenvalue weighted by atomic mass is 10.1. The molecule has 1 N–H and O–H groups in total. The maximum atomic E-state index is 12.8. The van der Waals surface area contributed by atoms with E-state index in [1.165, 1.54) is 0 Å². The van der Waals surface area contributed by atoms with Gasteiger partial charge in [0.05, 0.1) is 23.4 Å². The van der Waals surface area contributed by atoms with Crippen LogP contribution in [0.5, 0.6) is 5.88 Å². The number of para-hydroxylation sites is 2. The molecule has 26 heavy (non-hydrogen) atoms. The number of aliphatic carboxylic acids is 1. The zero-order valence-electron chi connectivity index (χ0n) is 13.7. The van der Waals surface area contributed by atoms with Crippen LogP contribution in [0.25, 0.3) is 11.4 Å². The van der Waals surface area contributed by atoms with Crippen molar-refractivity contribution >= 4 is 11.8 Å². The van der Waals surface area contributed by atoms with Crippen LogP contribution in [0.1, 0.15) is 23.2 Å². The summed E-state index contributed by atoms with van der Waals surface area (Å²) in [5.74, 6) is -2.71. The SMILES string of the molecule is O=C(O)CCC(=O)c1c([O-])n(-c2ccccc2)n(-c2ccccc2)c1=O. The van der Waals surface area contributed by atoms with Crippen LogP contribution in [-0.2, 0) is 4.79 Å². The fourth-order valence-corrected chi connectivity index (χ4v) is 2.67. The first-order valence-corrected chi connectivity index (χ1v) is 7.91. The molecule has 3 rings (SSSR count). The Bertz CT molecular complexity index is 1000. The van der Waals surface area contributed by atoms with Gasteiger partial charge >= 0.3 is 5.97 Å². The lowest BCUT2D eigenvalue weighted by Crippen LogP contribution is -2.23. The summed E-state index contributed by atoms with van der Waals surface area (Å²) in [6, 6.07) is 16.9. The molecule has 2 aromatic carbocycles. The Labute approximate surface area is 148 Å². The van der Waals surface area contributed by atoms with Crippen LogP contribution >= 0.6 is 0 Å². The number of Topliss-reactive ketones (excluding diaryl/α,β-unsaturated/α-hetero) is 1. The second kappa shape index (κ2) is 7.10. The van der Waals surface area contributed by atoms with Crippen LogP contribution in [0.15, 0.2) is 65.5 Å². The summed E-state index contributed by atoms with van der Waals surface area (Å²) >= 11 is 0. The van der Waals surface area contributed by atoms with Crippen molar-refractivity contribution in [3.8, 4) is 17.3 Å². The number of nitrogens with zero attached hydrogens (tertiary/aromatic N) is 2. The Morgan fingerprint density at radius 1 is 0.846 bits per heavy atom. The molecule has 0 saturated heterocycles. The highest BCUT2D eigenvalue weighted by Gasteiger charge is 2.22. The highest BCUT2D eigenvalue weighted by molar-refractivity contribution is 5.99. The Balaban J connectivity index is 2.23. The molecule has 1 heterocycles. The number of aromatic nitrogens is 2. The molecule has 0 bridgehead atoms. The number of carboxylic acids is 1. The van der Waals surface area contributed by atoms with Crippen molar-refractivity contribution in [1.29, 1.82) is 0 Å². The van der Waals surface area contributed by atoms with Crippen molar-refractivity contribution in [1.82, 2.24) is 9.36 Å². The summed E-state index contributed by atoms with van der Waals surface area (Å²) in [6.07, 6.45) is -0.854. The second-order valence-electron chi connectivity index (χ2n) is 5.60. The van der Waals surface area contributed by atoms with Gasteiger partial charge in [0, 0.05) is 12.3 Å². The number of hydrogen-bond acceptors (Lipinski definition) is 4. The molecule has 0 atom stereocenters. The number of rotatable bonds is 6. The molecule has 0 amide bonds. The van der Waals surface area contributed by atoms with E-state index in [-0.39, 0.29) is 0 Å². The van der Waals surface area contributed by atoms with E-state index < -0.39 is 41.6 Å². The highest BCUT2D eigenvalue weighted by Crippen LogP contribution is 2.22. The Morgan fingerprint density at radius 3 is 1.85 bits per heavy atom. The molecule has 0 aliphatic heterocycles. The first-order valence-electron chi connectivity index (χ1n) is 7.91. The number of hydrogen-bond donors (Lipinski definition) is 1. The first kappa shape index (κ1) is 17.2. The van der Waals surface area contributed by atoms with Crippen molar-refractivity contribution in [2.24, 2.45) is 0 Å². The van der Waals surface area contributed by atoms with Gasteiger partial charge < -0.3 is 10.2 Å². The van der Waals surface area contributed by atoms with Crippen LogP contribution in [0.4, 0.5) is 0 Å². The summed E-state index contributed by atoms with van der Waals surface area (Å²) in [5.41, 5.74) is -0.439. The van der Waals surface area contributed by atoms with Crippen LogP contribution in [0.3, 0.4) is 0 Å². The van der Waals surface area contributed by atoms with Gasteiger partial charge in [-0.1, -0.05) is 36.4 Å². The lowest BCUT2D eigenvalue weighted by Gasteiger charge is -2.17. The molecule has 0 fully saturated rings. The summed E-state index contributed by atoms with van der Waals surface area (Å²) < 4.78 is 2.26. The van der Waals surface area contributed by atoms with Gasteiger partial charge in [0.15, 0.2) is 5.78 Å². The van der Waals surface area contributed by atoms with Crippen LogP contribution in [0, 0.1) is 0 Å². The minimum atomic E-state index is -1.17. The van der Waals surface area contributed by atoms with Crippen LogP contribution < -0.4 is 10.7 Å². The summed E-state index contributed by atoms with van der Waals surface area (Å²) in [5, 5.41) is 21.6. The van der Waals surface area contributed by atoms with E-state index in [1.807, 2.05) is 0 Å². The minimum Gasteiger partial charge on any atom is -0.858 e. The Morgan fingerprint density at radius 2 is 1.35 bits per heavy atom. The molecule has 3 aromatic rings. The third kappa shape index (κ3) is 3.14. The van der Waals surface area contributed by atoms with E-state index in [0.717, 1.165) is 9.36 Å². The van der Waals surface area contributed by atoms with E-state index >= 15 is 0 Å². The van der Waals surface area contributed by atoms with Crippen molar-refractivity contribution in [2.75, 3.05) is 0 Å². The third-order valence-electron chi connectivity index (χ3n) is 3.86. The second-order valence-corrected chi connectivity index (χ2v) is 5.60. The van der Waals surface area contributed by atoms with Gasteiger partial charge in [-0.05, 0) is 24.3 Å². The fraction of sp³-hybridized carbons (Fsp3) is 0.105. The van der Waals surface area contributed by atoms with E-state index in [0.29, 0.717) is 11.4 Å². The summed E-state index contributed by atoms with van der Waals surface area (Å²) in [7, 11) is 0. The lowest BCUT2D eigenvalue weighted by molar-refractivity contribution is -0.278. The molecular formula is C19H15N2O5-. The Hall–Kier alpha value is -3.61. The molecule has 1 aromatic heterocycles. The molecular weight excluding hydrogens is 336 g/mol. The molecule has 0 spiro atoms. The Kier molecular flexibility index (Phi) is 4.70. The molecule has 0 radical (unpaired) electrons. The predicted octanol–water partition coefficient (Wildman–Crippen LogP) is 1.75. The molecule has 0 aliphatic carbocycles.